The smallest absolute Gasteiger partial charge is 0.272 e. The lowest BCUT2D eigenvalue weighted by Crippen LogP contribution is -2.05. The lowest BCUT2D eigenvalue weighted by Gasteiger charge is -2.11. The van der Waals surface area contributed by atoms with Gasteiger partial charge in [0, 0.05) is 30.4 Å². The molecule has 110 valence electrons. The number of nitrogens with zero attached hydrogens (tertiary/aromatic N) is 2. The molecule has 21 heavy (non-hydrogen) atoms. The standard InChI is InChI=1S/C13H11Cl2N3O3/c1-7(16)8-2-3-17-12(4-8)21-13-10(14)5-9(18(19)20)6-11(13)15/h2-7H,16H2,1H3/t7-/m1/s1. The van der Waals surface area contributed by atoms with Crippen LogP contribution >= 0.6 is 23.2 Å². The van der Waals surface area contributed by atoms with Gasteiger partial charge in [0.15, 0.2) is 5.75 Å². The Kier molecular flexibility index (Phi) is 4.62. The molecule has 6 nitrogen and oxygen atoms in total. The molecule has 0 spiro atoms. The molecule has 2 rings (SSSR count). The van der Waals surface area contributed by atoms with Crippen LogP contribution in [0.1, 0.15) is 18.5 Å². The van der Waals surface area contributed by atoms with Crippen LogP contribution in [0.15, 0.2) is 30.5 Å². The molecule has 0 unspecified atom stereocenters. The van der Waals surface area contributed by atoms with E-state index in [1.807, 2.05) is 6.92 Å². The van der Waals surface area contributed by atoms with Crippen molar-refractivity contribution in [1.29, 1.82) is 0 Å². The Morgan fingerprint density at radius 1 is 1.33 bits per heavy atom. The van der Waals surface area contributed by atoms with Crippen LogP contribution in [-0.4, -0.2) is 9.91 Å². The van der Waals surface area contributed by atoms with Crippen molar-refractivity contribution in [2.24, 2.45) is 5.73 Å². The van der Waals surface area contributed by atoms with Gasteiger partial charge in [0.25, 0.3) is 5.69 Å². The van der Waals surface area contributed by atoms with Gasteiger partial charge in [-0.25, -0.2) is 4.98 Å². The molecule has 0 bridgehead atoms. The number of nitrogens with two attached hydrogens (primary N) is 1. The molecule has 0 aliphatic heterocycles. The Morgan fingerprint density at radius 2 is 1.95 bits per heavy atom. The molecule has 0 fully saturated rings. The highest BCUT2D eigenvalue weighted by molar-refractivity contribution is 6.37. The SMILES string of the molecule is C[C@@H](N)c1ccnc(Oc2c(Cl)cc([N+](=O)[O-])cc2Cl)c1. The lowest BCUT2D eigenvalue weighted by atomic mass is 10.1. The summed E-state index contributed by atoms with van der Waals surface area (Å²) >= 11 is 11.9. The van der Waals surface area contributed by atoms with E-state index >= 15 is 0 Å². The molecule has 0 saturated carbocycles. The summed E-state index contributed by atoms with van der Waals surface area (Å²) in [4.78, 5) is 14.2. The quantitative estimate of drug-likeness (QED) is 0.673. The van der Waals surface area contributed by atoms with Gasteiger partial charge >= 0.3 is 0 Å². The topological polar surface area (TPSA) is 91.3 Å². The fraction of sp³-hybridized carbons (Fsp3) is 0.154. The van der Waals surface area contributed by atoms with Crippen LogP contribution in [0.3, 0.4) is 0 Å². The first kappa shape index (κ1) is 15.5. The third kappa shape index (κ3) is 3.60. The average Bonchev–Trinajstić information content (AvgIpc) is 2.42. The van der Waals surface area contributed by atoms with Crippen LogP contribution < -0.4 is 10.5 Å². The van der Waals surface area contributed by atoms with Crippen molar-refractivity contribution >= 4 is 28.9 Å². The van der Waals surface area contributed by atoms with Crippen LogP contribution in [0.4, 0.5) is 5.69 Å². The predicted octanol–water partition coefficient (Wildman–Crippen LogP) is 4.11. The summed E-state index contributed by atoms with van der Waals surface area (Å²) in [6.07, 6.45) is 1.54. The van der Waals surface area contributed by atoms with E-state index < -0.39 is 4.92 Å². The van der Waals surface area contributed by atoms with Crippen molar-refractivity contribution in [3.63, 3.8) is 0 Å². The minimum atomic E-state index is -0.587. The van der Waals surface area contributed by atoms with Gasteiger partial charge in [0.2, 0.25) is 5.88 Å². The van der Waals surface area contributed by atoms with Crippen molar-refractivity contribution in [3.05, 3.63) is 56.2 Å². The van der Waals surface area contributed by atoms with Crippen molar-refractivity contribution in [2.45, 2.75) is 13.0 Å². The molecule has 0 aliphatic rings. The third-order valence-electron chi connectivity index (χ3n) is 2.69. The van der Waals surface area contributed by atoms with E-state index in [-0.39, 0.29) is 33.4 Å². The molecular weight excluding hydrogens is 317 g/mol. The Balaban J connectivity index is 2.36. The zero-order valence-electron chi connectivity index (χ0n) is 10.9. The monoisotopic (exact) mass is 327 g/mol. The molecule has 1 heterocycles. The van der Waals surface area contributed by atoms with E-state index in [9.17, 15) is 10.1 Å². The summed E-state index contributed by atoms with van der Waals surface area (Å²) in [5, 5.41) is 10.8. The first-order valence-corrected chi connectivity index (χ1v) is 6.67. The molecule has 8 heteroatoms. The minimum Gasteiger partial charge on any atom is -0.436 e. The van der Waals surface area contributed by atoms with Crippen molar-refractivity contribution in [1.82, 2.24) is 4.98 Å². The summed E-state index contributed by atoms with van der Waals surface area (Å²) in [6.45, 7) is 1.82. The lowest BCUT2D eigenvalue weighted by molar-refractivity contribution is -0.384. The summed E-state index contributed by atoms with van der Waals surface area (Å²) in [7, 11) is 0. The predicted molar refractivity (Wildman–Crippen MR) is 80.0 cm³/mol. The Bertz CT molecular complexity index is 669. The van der Waals surface area contributed by atoms with Crippen molar-refractivity contribution in [2.75, 3.05) is 0 Å². The number of benzene rings is 1. The molecule has 0 amide bonds. The highest BCUT2D eigenvalue weighted by Gasteiger charge is 2.17. The van der Waals surface area contributed by atoms with Gasteiger partial charge in [-0.15, -0.1) is 0 Å². The van der Waals surface area contributed by atoms with Crippen LogP contribution in [0.2, 0.25) is 10.0 Å². The number of non-ortho nitro benzene ring substituents is 1. The first-order valence-electron chi connectivity index (χ1n) is 5.91. The maximum Gasteiger partial charge on any atom is 0.272 e. The number of rotatable bonds is 4. The normalized spacial score (nSPS) is 12.0. The van der Waals surface area contributed by atoms with E-state index in [1.54, 1.807) is 18.3 Å². The maximum absolute atomic E-state index is 10.7. The van der Waals surface area contributed by atoms with Crippen LogP contribution in [0, 0.1) is 10.1 Å². The molecule has 1 aromatic heterocycles. The Morgan fingerprint density at radius 3 is 2.48 bits per heavy atom. The van der Waals surface area contributed by atoms with Crippen LogP contribution in [-0.2, 0) is 0 Å². The highest BCUT2D eigenvalue weighted by Crippen LogP contribution is 2.39. The molecule has 0 radical (unpaired) electrons. The molecule has 1 atom stereocenters. The fourth-order valence-corrected chi connectivity index (χ4v) is 2.17. The number of pyridine rings is 1. The van der Waals surface area contributed by atoms with Crippen molar-refractivity contribution < 1.29 is 9.66 Å². The maximum atomic E-state index is 10.7. The number of ether oxygens (including phenoxy) is 1. The summed E-state index contributed by atoms with van der Waals surface area (Å²) < 4.78 is 5.51. The Labute approximate surface area is 130 Å². The molecule has 1 aromatic carbocycles. The Hall–Kier alpha value is -1.89. The summed E-state index contributed by atoms with van der Waals surface area (Å²) in [6, 6.07) is 5.56. The van der Waals surface area contributed by atoms with E-state index in [0.717, 1.165) is 17.7 Å². The number of nitro benzene ring substituents is 1. The molecule has 0 aliphatic carbocycles. The first-order chi connectivity index (χ1) is 9.88. The molecule has 2 aromatic rings. The number of aromatic nitrogens is 1. The number of hydrogen-bond acceptors (Lipinski definition) is 5. The van der Waals surface area contributed by atoms with Gasteiger partial charge in [0.05, 0.1) is 15.0 Å². The number of nitro groups is 1. The van der Waals surface area contributed by atoms with Gasteiger partial charge in [-0.1, -0.05) is 23.2 Å². The minimum absolute atomic E-state index is 0.0298. The summed E-state index contributed by atoms with van der Waals surface area (Å²) in [5.41, 5.74) is 6.39. The second kappa shape index (κ2) is 6.26. The van der Waals surface area contributed by atoms with E-state index in [1.165, 1.54) is 0 Å². The van der Waals surface area contributed by atoms with Gasteiger partial charge in [0.1, 0.15) is 0 Å². The van der Waals surface area contributed by atoms with Gasteiger partial charge < -0.3 is 10.5 Å². The third-order valence-corrected chi connectivity index (χ3v) is 3.25. The average molecular weight is 328 g/mol. The largest absolute Gasteiger partial charge is 0.436 e. The van der Waals surface area contributed by atoms with E-state index in [4.69, 9.17) is 33.7 Å². The molecular formula is C13H11Cl2N3O3. The van der Waals surface area contributed by atoms with Crippen LogP contribution in [0.5, 0.6) is 11.6 Å². The fourth-order valence-electron chi connectivity index (χ4n) is 1.62. The van der Waals surface area contributed by atoms with Gasteiger partial charge in [-0.3, -0.25) is 10.1 Å². The highest BCUT2D eigenvalue weighted by atomic mass is 35.5. The second-order valence-electron chi connectivity index (χ2n) is 4.31. The van der Waals surface area contributed by atoms with Crippen molar-refractivity contribution in [3.8, 4) is 11.6 Å². The molecule has 2 N–H and O–H groups in total. The molecule has 0 saturated heterocycles. The van der Waals surface area contributed by atoms with Gasteiger partial charge in [-0.05, 0) is 18.6 Å². The number of hydrogen-bond donors (Lipinski definition) is 1. The number of halogens is 2. The summed E-state index contributed by atoms with van der Waals surface area (Å²) in [5.74, 6) is 0.362. The second-order valence-corrected chi connectivity index (χ2v) is 5.13. The van der Waals surface area contributed by atoms with E-state index in [2.05, 4.69) is 4.98 Å². The van der Waals surface area contributed by atoms with Gasteiger partial charge in [-0.2, -0.15) is 0 Å². The zero-order valence-corrected chi connectivity index (χ0v) is 12.4. The van der Waals surface area contributed by atoms with Crippen LogP contribution in [0.25, 0.3) is 0 Å². The van der Waals surface area contributed by atoms with E-state index in [0.29, 0.717) is 0 Å². The zero-order chi connectivity index (χ0) is 15.6.